The number of nitrogens with zero attached hydrogens (tertiary/aromatic N) is 2. The minimum atomic E-state index is -0.114. The fraction of sp³-hybridized carbons (Fsp3) is 0.300. The number of benzene rings is 1. The first-order chi connectivity index (χ1) is 12.1. The first kappa shape index (κ1) is 17.5. The quantitative estimate of drug-likeness (QED) is 0.771. The van der Waals surface area contributed by atoms with E-state index in [4.69, 9.17) is 21.1 Å². The maximum absolute atomic E-state index is 6.25. The van der Waals surface area contributed by atoms with Crippen molar-refractivity contribution in [3.05, 3.63) is 65.1 Å². The lowest BCUT2D eigenvalue weighted by molar-refractivity contribution is 0.400. The molecule has 0 spiro atoms. The lowest BCUT2D eigenvalue weighted by Gasteiger charge is -2.27. The van der Waals surface area contributed by atoms with Gasteiger partial charge in [0.2, 0.25) is 5.90 Å². The summed E-state index contributed by atoms with van der Waals surface area (Å²) in [5.74, 6) is 2.05. The highest BCUT2D eigenvalue weighted by Gasteiger charge is 2.31. The monoisotopic (exact) mass is 356 g/mol. The summed E-state index contributed by atoms with van der Waals surface area (Å²) in [6.07, 6.45) is 8.16. The zero-order valence-corrected chi connectivity index (χ0v) is 15.3. The number of aliphatic imine (C=N–C) groups is 1. The molecule has 130 valence electrons. The van der Waals surface area contributed by atoms with Crippen LogP contribution in [0.25, 0.3) is 0 Å². The van der Waals surface area contributed by atoms with Gasteiger partial charge >= 0.3 is 0 Å². The van der Waals surface area contributed by atoms with E-state index in [1.807, 2.05) is 18.2 Å². The van der Waals surface area contributed by atoms with Crippen LogP contribution in [0.3, 0.4) is 0 Å². The van der Waals surface area contributed by atoms with Crippen LogP contribution < -0.4 is 9.47 Å². The summed E-state index contributed by atoms with van der Waals surface area (Å²) in [5.41, 5.74) is 2.14. The predicted molar refractivity (Wildman–Crippen MR) is 101 cm³/mol. The van der Waals surface area contributed by atoms with E-state index in [9.17, 15) is 0 Å². The van der Waals surface area contributed by atoms with Crippen LogP contribution in [0.2, 0.25) is 5.02 Å². The minimum Gasteiger partial charge on any atom is -0.495 e. The highest BCUT2D eigenvalue weighted by Crippen LogP contribution is 2.39. The molecule has 0 saturated heterocycles. The van der Waals surface area contributed by atoms with Crippen molar-refractivity contribution in [2.24, 2.45) is 10.9 Å². The number of rotatable bonds is 4. The molecule has 0 bridgehead atoms. The molecule has 5 heteroatoms. The fourth-order valence-corrected chi connectivity index (χ4v) is 3.21. The number of hydrogen-bond acceptors (Lipinski definition) is 4. The third kappa shape index (κ3) is 3.69. The summed E-state index contributed by atoms with van der Waals surface area (Å²) in [5, 5.41) is 0.480. The number of halogens is 1. The average Bonchev–Trinajstić information content (AvgIpc) is 2.62. The molecular weight excluding hydrogens is 336 g/mol. The fourth-order valence-electron chi connectivity index (χ4n) is 2.96. The highest BCUT2D eigenvalue weighted by atomic mass is 35.5. The van der Waals surface area contributed by atoms with Crippen molar-refractivity contribution in [2.75, 3.05) is 7.11 Å². The molecule has 1 aliphatic heterocycles. The number of ether oxygens (including phenoxy) is 2. The van der Waals surface area contributed by atoms with Gasteiger partial charge in [-0.15, -0.1) is 0 Å². The number of aryl methyl sites for hydroxylation is 1. The second-order valence-corrected chi connectivity index (χ2v) is 6.40. The predicted octanol–water partition coefficient (Wildman–Crippen LogP) is 5.03. The Balaban J connectivity index is 1.95. The van der Waals surface area contributed by atoms with Crippen LogP contribution in [-0.4, -0.2) is 18.0 Å². The van der Waals surface area contributed by atoms with Crippen molar-refractivity contribution in [3.63, 3.8) is 0 Å². The van der Waals surface area contributed by atoms with Crippen LogP contribution >= 0.6 is 11.6 Å². The van der Waals surface area contributed by atoms with E-state index in [0.29, 0.717) is 16.7 Å². The van der Waals surface area contributed by atoms with Crippen LogP contribution in [0.4, 0.5) is 0 Å². The topological polar surface area (TPSA) is 43.7 Å². The third-order valence-electron chi connectivity index (χ3n) is 4.36. The van der Waals surface area contributed by atoms with Crippen molar-refractivity contribution in [3.8, 4) is 11.5 Å². The Kier molecular flexibility index (Phi) is 5.39. The molecule has 1 aliphatic rings. The van der Waals surface area contributed by atoms with E-state index >= 15 is 0 Å². The first-order valence-corrected chi connectivity index (χ1v) is 8.70. The zero-order valence-electron chi connectivity index (χ0n) is 14.6. The van der Waals surface area contributed by atoms with Gasteiger partial charge in [0, 0.05) is 24.2 Å². The Labute approximate surface area is 153 Å². The van der Waals surface area contributed by atoms with Crippen molar-refractivity contribution < 1.29 is 9.47 Å². The van der Waals surface area contributed by atoms with E-state index < -0.39 is 0 Å². The molecule has 0 amide bonds. The van der Waals surface area contributed by atoms with Crippen LogP contribution in [0.5, 0.6) is 11.5 Å². The third-order valence-corrected chi connectivity index (χ3v) is 4.63. The maximum Gasteiger partial charge on any atom is 0.202 e. The second kappa shape index (κ2) is 7.70. The molecule has 0 saturated carbocycles. The van der Waals surface area contributed by atoms with Gasteiger partial charge in [0.1, 0.15) is 16.5 Å². The Morgan fingerprint density at radius 2 is 1.92 bits per heavy atom. The Bertz CT molecular complexity index is 800. The number of methoxy groups -OCH3 is 1. The van der Waals surface area contributed by atoms with Crippen molar-refractivity contribution >= 4 is 17.5 Å². The molecule has 0 fully saturated rings. The molecule has 25 heavy (non-hydrogen) atoms. The lowest BCUT2D eigenvalue weighted by Crippen LogP contribution is -2.26. The van der Waals surface area contributed by atoms with Crippen LogP contribution in [0, 0.1) is 5.92 Å². The van der Waals surface area contributed by atoms with Gasteiger partial charge in [-0.1, -0.05) is 43.7 Å². The summed E-state index contributed by atoms with van der Waals surface area (Å²) in [6, 6.07) is 8.06. The Morgan fingerprint density at radius 3 is 2.60 bits per heavy atom. The van der Waals surface area contributed by atoms with Gasteiger partial charge in [-0.05, 0) is 30.0 Å². The largest absolute Gasteiger partial charge is 0.495 e. The SMILES string of the molecule is CCc1ccc(OC2=NC=CC(C)C2c2cncc(Cl)c2OC)cc1. The molecule has 1 aromatic carbocycles. The summed E-state index contributed by atoms with van der Waals surface area (Å²) in [4.78, 5) is 8.69. The summed E-state index contributed by atoms with van der Waals surface area (Å²) in [7, 11) is 1.61. The minimum absolute atomic E-state index is 0.114. The van der Waals surface area contributed by atoms with E-state index in [1.165, 1.54) is 5.56 Å². The number of aromatic nitrogens is 1. The van der Waals surface area contributed by atoms with Crippen LogP contribution in [0.1, 0.15) is 30.9 Å². The van der Waals surface area contributed by atoms with Crippen molar-refractivity contribution in [1.29, 1.82) is 0 Å². The molecule has 2 unspecified atom stereocenters. The van der Waals surface area contributed by atoms with E-state index in [1.54, 1.807) is 25.7 Å². The standard InChI is InChI=1S/C20H21ClN2O2/c1-4-14-5-7-15(8-6-14)25-20-18(13(2)9-10-23-20)16-11-22-12-17(21)19(16)24-3/h5-13,18H,4H2,1-3H3. The van der Waals surface area contributed by atoms with Gasteiger partial charge < -0.3 is 9.47 Å². The summed E-state index contributed by atoms with van der Waals surface area (Å²) < 4.78 is 11.6. The first-order valence-electron chi connectivity index (χ1n) is 8.32. The van der Waals surface area contributed by atoms with Gasteiger partial charge in [-0.25, -0.2) is 4.99 Å². The second-order valence-electron chi connectivity index (χ2n) is 5.99. The van der Waals surface area contributed by atoms with E-state index in [0.717, 1.165) is 17.7 Å². The molecule has 2 atom stereocenters. The Morgan fingerprint density at radius 1 is 1.16 bits per heavy atom. The molecule has 3 rings (SSSR count). The van der Waals surface area contributed by atoms with Gasteiger partial charge in [0.15, 0.2) is 0 Å². The van der Waals surface area contributed by atoms with Gasteiger partial charge in [-0.3, -0.25) is 4.98 Å². The molecule has 0 radical (unpaired) electrons. The normalized spacial score (nSPS) is 19.4. The molecule has 0 N–H and O–H groups in total. The number of hydrogen-bond donors (Lipinski definition) is 0. The van der Waals surface area contributed by atoms with Crippen LogP contribution in [-0.2, 0) is 6.42 Å². The van der Waals surface area contributed by atoms with E-state index in [2.05, 4.69) is 36.0 Å². The van der Waals surface area contributed by atoms with Crippen molar-refractivity contribution in [1.82, 2.24) is 4.98 Å². The molecular formula is C20H21ClN2O2. The molecule has 0 aliphatic carbocycles. The summed E-state index contributed by atoms with van der Waals surface area (Å²) in [6.45, 7) is 4.24. The Hall–Kier alpha value is -2.33. The van der Waals surface area contributed by atoms with Crippen LogP contribution in [0.15, 0.2) is 53.9 Å². The number of allylic oxidation sites excluding steroid dienone is 1. The zero-order chi connectivity index (χ0) is 17.8. The highest BCUT2D eigenvalue weighted by molar-refractivity contribution is 6.32. The average molecular weight is 357 g/mol. The van der Waals surface area contributed by atoms with E-state index in [-0.39, 0.29) is 11.8 Å². The van der Waals surface area contributed by atoms with Crippen molar-refractivity contribution in [2.45, 2.75) is 26.2 Å². The lowest BCUT2D eigenvalue weighted by atomic mass is 9.86. The smallest absolute Gasteiger partial charge is 0.202 e. The van der Waals surface area contributed by atoms with Gasteiger partial charge in [0.05, 0.1) is 13.0 Å². The summed E-state index contributed by atoms with van der Waals surface area (Å²) >= 11 is 6.25. The molecule has 4 nitrogen and oxygen atoms in total. The maximum atomic E-state index is 6.25. The molecule has 2 aromatic rings. The van der Waals surface area contributed by atoms with Gasteiger partial charge in [0.25, 0.3) is 0 Å². The molecule has 2 heterocycles. The van der Waals surface area contributed by atoms with Gasteiger partial charge in [-0.2, -0.15) is 0 Å². The number of pyridine rings is 1. The molecule has 1 aromatic heterocycles.